The quantitative estimate of drug-likeness (QED) is 0.699. The molecule has 28 heavy (non-hydrogen) atoms. The third-order valence-corrected chi connectivity index (χ3v) is 4.66. The number of aromatic nitrogens is 1. The van der Waals surface area contributed by atoms with Gasteiger partial charge in [-0.15, -0.1) is 0 Å². The Morgan fingerprint density at radius 2 is 1.79 bits per heavy atom. The van der Waals surface area contributed by atoms with Gasteiger partial charge in [0.05, 0.1) is 17.7 Å². The second-order valence-corrected chi connectivity index (χ2v) is 6.49. The summed E-state index contributed by atoms with van der Waals surface area (Å²) in [5, 5.41) is 3.24. The zero-order chi connectivity index (χ0) is 19.7. The molecule has 0 bridgehead atoms. The molecule has 1 aliphatic rings. The number of hydrogen-bond acceptors (Lipinski definition) is 3. The van der Waals surface area contributed by atoms with Crippen LogP contribution in [0.3, 0.4) is 0 Å². The van der Waals surface area contributed by atoms with E-state index in [0.717, 1.165) is 23.3 Å². The van der Waals surface area contributed by atoms with Crippen molar-refractivity contribution in [3.05, 3.63) is 89.2 Å². The number of nitrogens with zero attached hydrogens (tertiary/aromatic N) is 2. The molecule has 0 unspecified atom stereocenters. The first-order valence-corrected chi connectivity index (χ1v) is 8.67. The monoisotopic (exact) mass is 383 g/mol. The minimum Gasteiger partial charge on any atom is -0.380 e. The number of anilines is 2. The third kappa shape index (κ3) is 3.43. The van der Waals surface area contributed by atoms with E-state index in [1.165, 1.54) is 17.0 Å². The first-order valence-electron chi connectivity index (χ1n) is 8.67. The Bertz CT molecular complexity index is 1020. The summed E-state index contributed by atoms with van der Waals surface area (Å²) in [5.74, 6) is -0.313. The number of nitrogens with one attached hydrogen (secondary N) is 1. The van der Waals surface area contributed by atoms with Crippen LogP contribution in [-0.2, 0) is 19.3 Å². The second kappa shape index (κ2) is 6.99. The lowest BCUT2D eigenvalue weighted by Gasteiger charge is -2.18. The molecule has 0 atom stereocenters. The van der Waals surface area contributed by atoms with Gasteiger partial charge in [-0.3, -0.25) is 9.78 Å². The number of fused-ring (bicyclic) bond motifs is 1. The lowest BCUT2D eigenvalue weighted by molar-refractivity contribution is -0.137. The molecule has 0 saturated carbocycles. The fourth-order valence-corrected chi connectivity index (χ4v) is 3.27. The molecule has 0 fully saturated rings. The smallest absolute Gasteiger partial charge is 0.380 e. The molecule has 2 heterocycles. The van der Waals surface area contributed by atoms with Gasteiger partial charge in [0.2, 0.25) is 0 Å². The number of rotatable bonds is 4. The minimum absolute atomic E-state index is 0.233. The zero-order valence-corrected chi connectivity index (χ0v) is 14.7. The molecule has 0 aliphatic carbocycles. The van der Waals surface area contributed by atoms with Gasteiger partial charge in [0, 0.05) is 30.3 Å². The van der Waals surface area contributed by atoms with Crippen LogP contribution in [0.4, 0.5) is 24.5 Å². The highest BCUT2D eigenvalue weighted by Gasteiger charge is 2.34. The summed E-state index contributed by atoms with van der Waals surface area (Å²) >= 11 is 0. The average Bonchev–Trinajstić information content (AvgIpc) is 3.04. The molecule has 1 N–H and O–H groups in total. The third-order valence-electron chi connectivity index (χ3n) is 4.66. The molecular weight excluding hydrogens is 367 g/mol. The highest BCUT2D eigenvalue weighted by Crippen LogP contribution is 2.36. The van der Waals surface area contributed by atoms with Crippen molar-refractivity contribution >= 4 is 17.3 Å². The fourth-order valence-electron chi connectivity index (χ4n) is 3.27. The van der Waals surface area contributed by atoms with Gasteiger partial charge >= 0.3 is 6.18 Å². The van der Waals surface area contributed by atoms with Gasteiger partial charge in [-0.25, -0.2) is 0 Å². The Morgan fingerprint density at radius 3 is 2.54 bits per heavy atom. The molecule has 7 heteroatoms. The van der Waals surface area contributed by atoms with Gasteiger partial charge in [-0.2, -0.15) is 13.2 Å². The van der Waals surface area contributed by atoms with E-state index < -0.39 is 11.7 Å². The highest BCUT2D eigenvalue weighted by molar-refractivity contribution is 6.13. The molecule has 3 aromatic rings. The van der Waals surface area contributed by atoms with Crippen LogP contribution in [0.5, 0.6) is 0 Å². The Labute approximate surface area is 159 Å². The molecule has 1 aliphatic heterocycles. The Morgan fingerprint density at radius 1 is 1.04 bits per heavy atom. The molecule has 4 nitrogen and oxygen atoms in total. The summed E-state index contributed by atoms with van der Waals surface area (Å²) in [6, 6.07) is 14.0. The number of amides is 1. The number of benzene rings is 2. The van der Waals surface area contributed by atoms with Crippen molar-refractivity contribution in [1.29, 1.82) is 0 Å². The van der Waals surface area contributed by atoms with Gasteiger partial charge < -0.3 is 10.2 Å². The number of pyridine rings is 1. The van der Waals surface area contributed by atoms with Crippen LogP contribution in [0.25, 0.3) is 0 Å². The number of halogens is 3. The maximum absolute atomic E-state index is 13.0. The largest absolute Gasteiger partial charge is 0.416 e. The molecule has 1 aromatic heterocycles. The van der Waals surface area contributed by atoms with Crippen molar-refractivity contribution in [1.82, 2.24) is 4.98 Å². The summed E-state index contributed by atoms with van der Waals surface area (Å²) in [6.07, 6.45) is -1.08. The highest BCUT2D eigenvalue weighted by atomic mass is 19.4. The average molecular weight is 383 g/mol. The predicted octanol–water partition coefficient (Wildman–Crippen LogP) is 4.87. The van der Waals surface area contributed by atoms with Crippen molar-refractivity contribution in [2.75, 3.05) is 10.2 Å². The summed E-state index contributed by atoms with van der Waals surface area (Å²) in [6.45, 7) is 0.746. The van der Waals surface area contributed by atoms with E-state index in [9.17, 15) is 18.0 Å². The van der Waals surface area contributed by atoms with E-state index in [1.54, 1.807) is 18.5 Å². The van der Waals surface area contributed by atoms with Crippen LogP contribution < -0.4 is 10.2 Å². The first-order chi connectivity index (χ1) is 13.4. The number of alkyl halides is 3. The van der Waals surface area contributed by atoms with Crippen LogP contribution >= 0.6 is 0 Å². The fraction of sp³-hybridized carbons (Fsp3) is 0.143. The molecule has 1 amide bonds. The van der Waals surface area contributed by atoms with Crippen molar-refractivity contribution in [3.63, 3.8) is 0 Å². The van der Waals surface area contributed by atoms with Crippen molar-refractivity contribution in [2.45, 2.75) is 19.3 Å². The lowest BCUT2D eigenvalue weighted by atomic mass is 10.1. The van der Waals surface area contributed by atoms with Crippen LogP contribution in [0.15, 0.2) is 67.0 Å². The van der Waals surface area contributed by atoms with Crippen LogP contribution in [0.1, 0.15) is 27.0 Å². The van der Waals surface area contributed by atoms with Gasteiger partial charge in [-0.1, -0.05) is 18.2 Å². The molecule has 0 spiro atoms. The van der Waals surface area contributed by atoms with E-state index >= 15 is 0 Å². The van der Waals surface area contributed by atoms with Crippen LogP contribution in [0, 0.1) is 0 Å². The second-order valence-electron chi connectivity index (χ2n) is 6.49. The van der Waals surface area contributed by atoms with E-state index in [4.69, 9.17) is 0 Å². The van der Waals surface area contributed by atoms with Gasteiger partial charge in [0.25, 0.3) is 5.91 Å². The minimum atomic E-state index is -4.46. The van der Waals surface area contributed by atoms with Gasteiger partial charge in [0.15, 0.2) is 0 Å². The van der Waals surface area contributed by atoms with Crippen molar-refractivity contribution in [2.24, 2.45) is 0 Å². The lowest BCUT2D eigenvalue weighted by Crippen LogP contribution is -2.24. The summed E-state index contributed by atoms with van der Waals surface area (Å²) in [7, 11) is 0. The standard InChI is InChI=1S/C21H16F3N3O/c22-21(23,24)16-4-2-5-17(11-16)27-13-15-3-1-6-18(19(15)20(27)28)26-12-14-7-9-25-10-8-14/h1-11,26H,12-13H2. The Balaban J connectivity index is 1.61. The van der Waals surface area contributed by atoms with E-state index in [-0.39, 0.29) is 18.1 Å². The maximum Gasteiger partial charge on any atom is 0.416 e. The normalized spacial score (nSPS) is 13.5. The van der Waals surface area contributed by atoms with E-state index in [0.29, 0.717) is 17.8 Å². The topological polar surface area (TPSA) is 45.2 Å². The van der Waals surface area contributed by atoms with Gasteiger partial charge in [-0.05, 0) is 47.5 Å². The summed E-state index contributed by atoms with van der Waals surface area (Å²) in [4.78, 5) is 18.3. The Kier molecular flexibility index (Phi) is 4.50. The maximum atomic E-state index is 13.0. The first kappa shape index (κ1) is 18.0. The molecule has 142 valence electrons. The molecule has 4 rings (SSSR count). The zero-order valence-electron chi connectivity index (χ0n) is 14.7. The van der Waals surface area contributed by atoms with Crippen LogP contribution in [0.2, 0.25) is 0 Å². The molecular formula is C21H16F3N3O. The Hall–Kier alpha value is -3.35. The summed E-state index contributed by atoms with van der Waals surface area (Å²) in [5.41, 5.74) is 2.40. The number of carbonyl (C=O) groups excluding carboxylic acids is 1. The summed E-state index contributed by atoms with van der Waals surface area (Å²) < 4.78 is 39.1. The van der Waals surface area contributed by atoms with Crippen molar-refractivity contribution in [3.8, 4) is 0 Å². The molecule has 0 saturated heterocycles. The van der Waals surface area contributed by atoms with E-state index in [2.05, 4.69) is 10.3 Å². The molecule has 0 radical (unpaired) electrons. The predicted molar refractivity (Wildman–Crippen MR) is 100.0 cm³/mol. The number of carbonyl (C=O) groups is 1. The molecule has 2 aromatic carbocycles. The number of hydrogen-bond donors (Lipinski definition) is 1. The van der Waals surface area contributed by atoms with Crippen LogP contribution in [-0.4, -0.2) is 10.9 Å². The SMILES string of the molecule is O=C1c2c(cccc2NCc2ccncc2)CN1c1cccc(C(F)(F)F)c1. The van der Waals surface area contributed by atoms with Crippen molar-refractivity contribution < 1.29 is 18.0 Å². The van der Waals surface area contributed by atoms with E-state index in [1.807, 2.05) is 24.3 Å². The van der Waals surface area contributed by atoms with Gasteiger partial charge in [0.1, 0.15) is 0 Å².